The Hall–Kier alpha value is -1.44. The third kappa shape index (κ3) is 3.61. The second-order valence-electron chi connectivity index (χ2n) is 5.11. The number of aromatic nitrogens is 1. The highest BCUT2D eigenvalue weighted by atomic mass is 32.1. The van der Waals surface area contributed by atoms with E-state index >= 15 is 0 Å². The van der Waals surface area contributed by atoms with Gasteiger partial charge in [-0.1, -0.05) is 0 Å². The fraction of sp³-hybridized carbons (Fsp3) is 0.429. The Bertz CT molecular complexity index is 596. The van der Waals surface area contributed by atoms with E-state index in [2.05, 4.69) is 38.9 Å². The van der Waals surface area contributed by atoms with Crippen LogP contribution in [0.4, 0.5) is 9.93 Å². The van der Waals surface area contributed by atoms with Crippen LogP contribution in [0.3, 0.4) is 0 Å². The zero-order valence-corrected chi connectivity index (χ0v) is 13.5. The van der Waals surface area contributed by atoms with Gasteiger partial charge in [-0.25, -0.2) is 9.78 Å². The molecule has 0 bridgehead atoms. The summed E-state index contributed by atoms with van der Waals surface area (Å²) in [5, 5.41) is 10.3. The molecule has 0 saturated heterocycles. The maximum Gasteiger partial charge on any atom is 0.321 e. The van der Waals surface area contributed by atoms with Crippen LogP contribution in [0, 0.1) is 0 Å². The molecule has 1 aliphatic rings. The summed E-state index contributed by atoms with van der Waals surface area (Å²) in [4.78, 5) is 19.7. The third-order valence-corrected chi connectivity index (χ3v) is 5.38. The van der Waals surface area contributed by atoms with Gasteiger partial charge >= 0.3 is 6.03 Å². The van der Waals surface area contributed by atoms with Crippen molar-refractivity contribution in [1.29, 1.82) is 0 Å². The standard InChI is InChI=1S/C14H18N4OS2/c1-10(8-16-13(19)17-14-15-4-7-21-14)18-5-2-12-11(9-18)3-6-20-12/h3-4,6-7,10H,2,5,8-9H2,1H3,(H2,15,16,17,19)/t10-/m1/s1. The van der Waals surface area contributed by atoms with Gasteiger partial charge in [-0.05, 0) is 30.4 Å². The lowest BCUT2D eigenvalue weighted by Gasteiger charge is -2.32. The molecule has 0 fully saturated rings. The quantitative estimate of drug-likeness (QED) is 0.910. The van der Waals surface area contributed by atoms with Crippen molar-refractivity contribution >= 4 is 33.8 Å². The molecule has 2 amide bonds. The van der Waals surface area contributed by atoms with Gasteiger partial charge in [0.1, 0.15) is 0 Å². The number of hydrogen-bond donors (Lipinski definition) is 2. The minimum Gasteiger partial charge on any atom is -0.336 e. The molecule has 0 unspecified atom stereocenters. The van der Waals surface area contributed by atoms with E-state index in [-0.39, 0.29) is 6.03 Å². The Morgan fingerprint density at radius 1 is 1.48 bits per heavy atom. The van der Waals surface area contributed by atoms with E-state index in [0.717, 1.165) is 19.5 Å². The first-order chi connectivity index (χ1) is 10.2. The summed E-state index contributed by atoms with van der Waals surface area (Å²) in [6.07, 6.45) is 2.79. The van der Waals surface area contributed by atoms with Crippen molar-refractivity contribution in [3.63, 3.8) is 0 Å². The highest BCUT2D eigenvalue weighted by Crippen LogP contribution is 2.24. The number of amides is 2. The molecule has 21 heavy (non-hydrogen) atoms. The summed E-state index contributed by atoms with van der Waals surface area (Å²) >= 11 is 3.26. The van der Waals surface area contributed by atoms with Crippen LogP contribution in [-0.4, -0.2) is 35.0 Å². The first kappa shape index (κ1) is 14.5. The van der Waals surface area contributed by atoms with Gasteiger partial charge in [0, 0.05) is 42.1 Å². The molecule has 2 aromatic heterocycles. The molecule has 2 N–H and O–H groups in total. The number of carbonyl (C=O) groups is 1. The van der Waals surface area contributed by atoms with Gasteiger partial charge in [-0.15, -0.1) is 22.7 Å². The van der Waals surface area contributed by atoms with E-state index in [9.17, 15) is 4.79 Å². The lowest BCUT2D eigenvalue weighted by Crippen LogP contribution is -2.45. The number of urea groups is 1. The molecule has 112 valence electrons. The van der Waals surface area contributed by atoms with Crippen molar-refractivity contribution < 1.29 is 4.79 Å². The van der Waals surface area contributed by atoms with Gasteiger partial charge in [0.2, 0.25) is 0 Å². The van der Waals surface area contributed by atoms with Gasteiger partial charge in [-0.3, -0.25) is 10.2 Å². The number of thiazole rings is 1. The van der Waals surface area contributed by atoms with Gasteiger partial charge in [-0.2, -0.15) is 0 Å². The van der Waals surface area contributed by atoms with Gasteiger partial charge < -0.3 is 5.32 Å². The predicted molar refractivity (Wildman–Crippen MR) is 87.0 cm³/mol. The molecule has 0 radical (unpaired) electrons. The molecular weight excluding hydrogens is 304 g/mol. The number of thiophene rings is 1. The molecule has 1 aliphatic heterocycles. The van der Waals surface area contributed by atoms with Crippen LogP contribution in [0.2, 0.25) is 0 Å². The predicted octanol–water partition coefficient (Wildman–Crippen LogP) is 2.77. The van der Waals surface area contributed by atoms with Crippen LogP contribution in [0.5, 0.6) is 0 Å². The van der Waals surface area contributed by atoms with Crippen molar-refractivity contribution in [3.8, 4) is 0 Å². The largest absolute Gasteiger partial charge is 0.336 e. The summed E-state index contributed by atoms with van der Waals surface area (Å²) in [6, 6.07) is 2.34. The molecule has 5 nitrogen and oxygen atoms in total. The van der Waals surface area contributed by atoms with E-state index in [1.165, 1.54) is 21.8 Å². The van der Waals surface area contributed by atoms with Crippen molar-refractivity contribution in [1.82, 2.24) is 15.2 Å². The molecule has 0 spiro atoms. The lowest BCUT2D eigenvalue weighted by molar-refractivity contribution is 0.188. The van der Waals surface area contributed by atoms with Crippen LogP contribution >= 0.6 is 22.7 Å². The topological polar surface area (TPSA) is 57.3 Å². The van der Waals surface area contributed by atoms with Crippen molar-refractivity contribution in [2.45, 2.75) is 25.9 Å². The van der Waals surface area contributed by atoms with Crippen LogP contribution in [-0.2, 0) is 13.0 Å². The smallest absolute Gasteiger partial charge is 0.321 e. The number of anilines is 1. The first-order valence-corrected chi connectivity index (χ1v) is 8.72. The number of nitrogens with zero attached hydrogens (tertiary/aromatic N) is 2. The summed E-state index contributed by atoms with van der Waals surface area (Å²) in [5.41, 5.74) is 1.44. The summed E-state index contributed by atoms with van der Waals surface area (Å²) in [7, 11) is 0. The van der Waals surface area contributed by atoms with Gasteiger partial charge in [0.05, 0.1) is 0 Å². The average Bonchev–Trinajstić information content (AvgIpc) is 3.14. The van der Waals surface area contributed by atoms with Crippen LogP contribution in [0.25, 0.3) is 0 Å². The highest BCUT2D eigenvalue weighted by molar-refractivity contribution is 7.13. The zero-order chi connectivity index (χ0) is 14.7. The van der Waals surface area contributed by atoms with Crippen molar-refractivity contribution in [3.05, 3.63) is 33.5 Å². The number of hydrogen-bond acceptors (Lipinski definition) is 5. The second kappa shape index (κ2) is 6.55. The first-order valence-electron chi connectivity index (χ1n) is 6.96. The molecule has 0 aliphatic carbocycles. The molecule has 1 atom stereocenters. The van der Waals surface area contributed by atoms with Crippen molar-refractivity contribution in [2.24, 2.45) is 0 Å². The molecule has 3 rings (SSSR count). The fourth-order valence-corrected chi connectivity index (χ4v) is 3.86. The average molecular weight is 322 g/mol. The second-order valence-corrected chi connectivity index (χ2v) is 7.01. The van der Waals surface area contributed by atoms with E-state index in [4.69, 9.17) is 0 Å². The van der Waals surface area contributed by atoms with E-state index in [1.54, 1.807) is 6.20 Å². The summed E-state index contributed by atoms with van der Waals surface area (Å²) in [5.74, 6) is 0. The lowest BCUT2D eigenvalue weighted by atomic mass is 10.1. The number of rotatable bonds is 4. The van der Waals surface area contributed by atoms with Crippen LogP contribution in [0.15, 0.2) is 23.0 Å². The van der Waals surface area contributed by atoms with E-state index < -0.39 is 0 Å². The molecule has 0 saturated carbocycles. The monoisotopic (exact) mass is 322 g/mol. The van der Waals surface area contributed by atoms with Gasteiger partial charge in [0.25, 0.3) is 0 Å². The molecular formula is C14H18N4OS2. The minimum atomic E-state index is -0.190. The fourth-order valence-electron chi connectivity index (χ4n) is 2.44. The highest BCUT2D eigenvalue weighted by Gasteiger charge is 2.21. The molecule has 2 aromatic rings. The molecule has 3 heterocycles. The molecule has 0 aromatic carbocycles. The van der Waals surface area contributed by atoms with Crippen molar-refractivity contribution in [2.75, 3.05) is 18.4 Å². The third-order valence-electron chi connectivity index (χ3n) is 3.67. The summed E-state index contributed by atoms with van der Waals surface area (Å²) in [6.45, 7) is 4.83. The van der Waals surface area contributed by atoms with Crippen LogP contribution < -0.4 is 10.6 Å². The van der Waals surface area contributed by atoms with Crippen LogP contribution in [0.1, 0.15) is 17.4 Å². The Morgan fingerprint density at radius 3 is 3.19 bits per heavy atom. The zero-order valence-electron chi connectivity index (χ0n) is 11.8. The van der Waals surface area contributed by atoms with E-state index in [0.29, 0.717) is 17.7 Å². The normalized spacial score (nSPS) is 16.2. The summed E-state index contributed by atoms with van der Waals surface area (Å²) < 4.78 is 0. The molecule has 7 heteroatoms. The Morgan fingerprint density at radius 2 is 2.38 bits per heavy atom. The Kier molecular flexibility index (Phi) is 4.52. The van der Waals surface area contributed by atoms with Gasteiger partial charge in [0.15, 0.2) is 5.13 Å². The Balaban J connectivity index is 1.46. The maximum absolute atomic E-state index is 11.8. The minimum absolute atomic E-state index is 0.190. The SMILES string of the molecule is C[C@H](CNC(=O)Nc1nccs1)N1CCc2sccc2C1. The van der Waals surface area contributed by atoms with E-state index in [1.807, 2.05) is 16.7 Å². The number of nitrogens with one attached hydrogen (secondary N) is 2. The Labute approximate surface area is 132 Å². The number of fused-ring (bicyclic) bond motifs is 1. The number of carbonyl (C=O) groups excluding carboxylic acids is 1. The maximum atomic E-state index is 11.8.